The van der Waals surface area contributed by atoms with Gasteiger partial charge in [-0.2, -0.15) is 5.10 Å². The van der Waals surface area contributed by atoms with Crippen LogP contribution in [0.15, 0.2) is 42.6 Å². The molecule has 0 fully saturated rings. The second-order valence-corrected chi connectivity index (χ2v) is 5.68. The summed E-state index contributed by atoms with van der Waals surface area (Å²) in [6.45, 7) is 1.96. The molecule has 5 heteroatoms. The Hall–Kier alpha value is -2.33. The number of hydrogen-bond donors (Lipinski definition) is 2. The number of anilines is 1. The van der Waals surface area contributed by atoms with Crippen molar-refractivity contribution in [2.24, 2.45) is 0 Å². The minimum atomic E-state index is -0.0289. The Morgan fingerprint density at radius 2 is 2.18 bits per heavy atom. The molecule has 1 amide bonds. The van der Waals surface area contributed by atoms with Crippen LogP contribution in [-0.4, -0.2) is 16.1 Å². The van der Waals surface area contributed by atoms with E-state index in [0.717, 1.165) is 32.7 Å². The van der Waals surface area contributed by atoms with Gasteiger partial charge in [-0.1, -0.05) is 35.9 Å². The molecular weight excluding hydrogens is 298 g/mol. The topological polar surface area (TPSA) is 57.8 Å². The standard InChI is InChI=1S/C17H16ClN3O/c1-11-5-6-12(9-14(11)18)7-8-16(22)20-15-4-2-3-13-10-19-21-17(13)15/h2-6,9-10H,7-8H2,1H3,(H,19,21)(H,20,22). The molecule has 22 heavy (non-hydrogen) atoms. The van der Waals surface area contributed by atoms with Crippen molar-refractivity contribution in [3.05, 3.63) is 58.7 Å². The fraction of sp³-hybridized carbons (Fsp3) is 0.176. The van der Waals surface area contributed by atoms with E-state index < -0.39 is 0 Å². The SMILES string of the molecule is Cc1ccc(CCC(=O)Nc2cccc3cn[nH]c23)cc1Cl. The number of aromatic amines is 1. The molecule has 0 saturated heterocycles. The third kappa shape index (κ3) is 3.12. The minimum Gasteiger partial charge on any atom is -0.324 e. The fourth-order valence-electron chi connectivity index (χ4n) is 2.34. The van der Waals surface area contributed by atoms with E-state index in [1.165, 1.54) is 0 Å². The van der Waals surface area contributed by atoms with Crippen LogP contribution in [0.4, 0.5) is 5.69 Å². The first-order chi connectivity index (χ1) is 10.6. The first-order valence-corrected chi connectivity index (χ1v) is 7.48. The number of aromatic nitrogens is 2. The molecule has 0 saturated carbocycles. The minimum absolute atomic E-state index is 0.0289. The summed E-state index contributed by atoms with van der Waals surface area (Å²) in [4.78, 5) is 12.1. The maximum atomic E-state index is 12.1. The Kier molecular flexibility index (Phi) is 4.11. The summed E-state index contributed by atoms with van der Waals surface area (Å²) in [5.41, 5.74) is 3.70. The smallest absolute Gasteiger partial charge is 0.224 e. The number of para-hydroxylation sites is 1. The molecule has 0 spiro atoms. The Morgan fingerprint density at radius 1 is 1.32 bits per heavy atom. The van der Waals surface area contributed by atoms with Gasteiger partial charge >= 0.3 is 0 Å². The van der Waals surface area contributed by atoms with Crippen molar-refractivity contribution in [1.82, 2.24) is 10.2 Å². The van der Waals surface area contributed by atoms with E-state index in [0.29, 0.717) is 12.8 Å². The van der Waals surface area contributed by atoms with Gasteiger partial charge in [-0.25, -0.2) is 0 Å². The lowest BCUT2D eigenvalue weighted by atomic mass is 10.1. The average molecular weight is 314 g/mol. The highest BCUT2D eigenvalue weighted by molar-refractivity contribution is 6.31. The predicted octanol–water partition coefficient (Wildman–Crippen LogP) is 4.10. The van der Waals surface area contributed by atoms with Crippen LogP contribution in [0.1, 0.15) is 17.5 Å². The van der Waals surface area contributed by atoms with Crippen LogP contribution >= 0.6 is 11.6 Å². The number of halogens is 1. The van der Waals surface area contributed by atoms with Crippen LogP contribution < -0.4 is 5.32 Å². The van der Waals surface area contributed by atoms with Crippen LogP contribution in [0.2, 0.25) is 5.02 Å². The number of hydrogen-bond acceptors (Lipinski definition) is 2. The van der Waals surface area contributed by atoms with Gasteiger partial charge in [-0.15, -0.1) is 0 Å². The summed E-state index contributed by atoms with van der Waals surface area (Å²) >= 11 is 6.10. The summed E-state index contributed by atoms with van der Waals surface area (Å²) in [6, 6.07) is 11.6. The van der Waals surface area contributed by atoms with Crippen molar-refractivity contribution in [1.29, 1.82) is 0 Å². The lowest BCUT2D eigenvalue weighted by molar-refractivity contribution is -0.116. The van der Waals surface area contributed by atoms with Crippen molar-refractivity contribution < 1.29 is 4.79 Å². The third-order valence-corrected chi connectivity index (χ3v) is 4.03. The number of H-pyrrole nitrogens is 1. The zero-order valence-corrected chi connectivity index (χ0v) is 12.9. The molecule has 4 nitrogen and oxygen atoms in total. The zero-order valence-electron chi connectivity index (χ0n) is 12.2. The number of fused-ring (bicyclic) bond motifs is 1. The number of amides is 1. The Labute approximate surface area is 133 Å². The normalized spacial score (nSPS) is 10.8. The highest BCUT2D eigenvalue weighted by Crippen LogP contribution is 2.21. The molecule has 0 unspecified atom stereocenters. The number of rotatable bonds is 4. The van der Waals surface area contributed by atoms with Gasteiger partial charge in [-0.3, -0.25) is 9.89 Å². The third-order valence-electron chi connectivity index (χ3n) is 3.63. The number of carbonyl (C=O) groups is 1. The monoisotopic (exact) mass is 313 g/mol. The zero-order chi connectivity index (χ0) is 15.5. The molecule has 0 bridgehead atoms. The highest BCUT2D eigenvalue weighted by Gasteiger charge is 2.08. The summed E-state index contributed by atoms with van der Waals surface area (Å²) < 4.78 is 0. The van der Waals surface area contributed by atoms with Crippen LogP contribution in [-0.2, 0) is 11.2 Å². The Bertz CT molecular complexity index is 826. The van der Waals surface area contributed by atoms with Crippen molar-refractivity contribution >= 4 is 34.1 Å². The molecule has 1 aromatic heterocycles. The molecule has 0 atom stereocenters. The van der Waals surface area contributed by atoms with E-state index in [9.17, 15) is 4.79 Å². The molecule has 0 radical (unpaired) electrons. The largest absolute Gasteiger partial charge is 0.324 e. The van der Waals surface area contributed by atoms with E-state index in [2.05, 4.69) is 15.5 Å². The van der Waals surface area contributed by atoms with E-state index in [4.69, 9.17) is 11.6 Å². The van der Waals surface area contributed by atoms with Gasteiger partial charge < -0.3 is 5.32 Å². The number of aryl methyl sites for hydroxylation is 2. The van der Waals surface area contributed by atoms with Gasteiger partial charge in [0, 0.05) is 16.8 Å². The molecule has 0 aliphatic heterocycles. The van der Waals surface area contributed by atoms with Crippen LogP contribution in [0.5, 0.6) is 0 Å². The predicted molar refractivity (Wildman–Crippen MR) is 89.2 cm³/mol. The first kappa shape index (κ1) is 14.6. The van der Waals surface area contributed by atoms with Gasteiger partial charge in [0.1, 0.15) is 0 Å². The molecule has 1 heterocycles. The number of carbonyl (C=O) groups excluding carboxylic acids is 1. The van der Waals surface area contributed by atoms with E-state index in [-0.39, 0.29) is 5.91 Å². The van der Waals surface area contributed by atoms with E-state index in [1.807, 2.05) is 43.3 Å². The van der Waals surface area contributed by atoms with Gasteiger partial charge in [0.05, 0.1) is 17.4 Å². The van der Waals surface area contributed by atoms with Crippen LogP contribution in [0, 0.1) is 6.92 Å². The molecular formula is C17H16ClN3O. The van der Waals surface area contributed by atoms with Gasteiger partial charge in [0.25, 0.3) is 0 Å². The molecule has 2 N–H and O–H groups in total. The molecule has 112 valence electrons. The highest BCUT2D eigenvalue weighted by atomic mass is 35.5. The lowest BCUT2D eigenvalue weighted by Crippen LogP contribution is -2.12. The first-order valence-electron chi connectivity index (χ1n) is 7.10. The Morgan fingerprint density at radius 3 is 3.00 bits per heavy atom. The van der Waals surface area contributed by atoms with E-state index >= 15 is 0 Å². The van der Waals surface area contributed by atoms with Gasteiger partial charge in [0.15, 0.2) is 0 Å². The van der Waals surface area contributed by atoms with E-state index in [1.54, 1.807) is 6.20 Å². The van der Waals surface area contributed by atoms with Crippen LogP contribution in [0.25, 0.3) is 10.9 Å². The molecule has 3 aromatic rings. The summed E-state index contributed by atoms with van der Waals surface area (Å²) in [5, 5.41) is 11.5. The second kappa shape index (κ2) is 6.20. The maximum Gasteiger partial charge on any atom is 0.224 e. The lowest BCUT2D eigenvalue weighted by Gasteiger charge is -2.07. The van der Waals surface area contributed by atoms with Gasteiger partial charge in [-0.05, 0) is 36.6 Å². The maximum absolute atomic E-state index is 12.1. The van der Waals surface area contributed by atoms with Crippen molar-refractivity contribution in [2.75, 3.05) is 5.32 Å². The fourth-order valence-corrected chi connectivity index (χ4v) is 2.54. The summed E-state index contributed by atoms with van der Waals surface area (Å²) in [7, 11) is 0. The number of benzene rings is 2. The van der Waals surface area contributed by atoms with Crippen LogP contribution in [0.3, 0.4) is 0 Å². The summed E-state index contributed by atoms with van der Waals surface area (Å²) in [5.74, 6) is -0.0289. The number of nitrogens with one attached hydrogen (secondary N) is 2. The summed E-state index contributed by atoms with van der Waals surface area (Å²) in [6.07, 6.45) is 2.80. The molecule has 0 aliphatic rings. The quantitative estimate of drug-likeness (QED) is 0.762. The number of nitrogens with zero attached hydrogens (tertiary/aromatic N) is 1. The van der Waals surface area contributed by atoms with Crippen molar-refractivity contribution in [3.8, 4) is 0 Å². The average Bonchev–Trinajstić information content (AvgIpc) is 2.98. The molecule has 3 rings (SSSR count). The Balaban J connectivity index is 1.65. The second-order valence-electron chi connectivity index (χ2n) is 5.27. The molecule has 0 aliphatic carbocycles. The van der Waals surface area contributed by atoms with Crippen molar-refractivity contribution in [2.45, 2.75) is 19.8 Å². The van der Waals surface area contributed by atoms with Crippen molar-refractivity contribution in [3.63, 3.8) is 0 Å². The van der Waals surface area contributed by atoms with Gasteiger partial charge in [0.2, 0.25) is 5.91 Å². The molecule has 2 aromatic carbocycles.